The Bertz CT molecular complexity index is 707. The molecular formula is C14H12BrFN2O3. The summed E-state index contributed by atoms with van der Waals surface area (Å²) >= 11 is 3.25. The quantitative estimate of drug-likeness (QED) is 0.612. The lowest BCUT2D eigenvalue weighted by atomic mass is 10.1. The lowest BCUT2D eigenvalue weighted by molar-refractivity contribution is -0.386. The van der Waals surface area contributed by atoms with Crippen molar-refractivity contribution in [1.29, 1.82) is 0 Å². The summed E-state index contributed by atoms with van der Waals surface area (Å²) in [5.41, 5.74) is 1.42. The van der Waals surface area contributed by atoms with Crippen molar-refractivity contribution in [3.63, 3.8) is 0 Å². The van der Waals surface area contributed by atoms with Crippen molar-refractivity contribution in [1.82, 2.24) is 4.98 Å². The normalized spacial score (nSPS) is 10.5. The van der Waals surface area contributed by atoms with E-state index in [1.165, 1.54) is 24.4 Å². The number of aryl methyl sites for hydroxylation is 1. The van der Waals surface area contributed by atoms with Gasteiger partial charge in [-0.15, -0.1) is 0 Å². The molecule has 1 aromatic carbocycles. The minimum Gasteiger partial charge on any atom is -0.486 e. The van der Waals surface area contributed by atoms with Crippen LogP contribution >= 0.6 is 15.9 Å². The second-order valence-corrected chi connectivity index (χ2v) is 5.34. The number of aromatic nitrogens is 1. The maximum absolute atomic E-state index is 13.2. The lowest BCUT2D eigenvalue weighted by Crippen LogP contribution is -2.05. The third-order valence-electron chi connectivity index (χ3n) is 3.02. The van der Waals surface area contributed by atoms with Gasteiger partial charge in [0, 0.05) is 17.8 Å². The van der Waals surface area contributed by atoms with Crippen LogP contribution in [0.15, 0.2) is 28.9 Å². The Kier molecular flexibility index (Phi) is 4.52. The van der Waals surface area contributed by atoms with E-state index in [2.05, 4.69) is 20.9 Å². The summed E-state index contributed by atoms with van der Waals surface area (Å²) in [5, 5.41) is 11.0. The average Bonchev–Trinajstić information content (AvgIpc) is 2.41. The Morgan fingerprint density at radius 3 is 2.81 bits per heavy atom. The first-order chi connectivity index (χ1) is 9.90. The third-order valence-corrected chi connectivity index (χ3v) is 3.67. The topological polar surface area (TPSA) is 65.3 Å². The lowest BCUT2D eigenvalue weighted by Gasteiger charge is -2.10. The van der Waals surface area contributed by atoms with Gasteiger partial charge >= 0.3 is 0 Å². The van der Waals surface area contributed by atoms with Gasteiger partial charge in [-0.2, -0.15) is 0 Å². The van der Waals surface area contributed by atoms with E-state index in [4.69, 9.17) is 4.74 Å². The van der Waals surface area contributed by atoms with Crippen molar-refractivity contribution in [2.45, 2.75) is 20.5 Å². The first-order valence-corrected chi connectivity index (χ1v) is 6.86. The zero-order valence-electron chi connectivity index (χ0n) is 11.4. The number of hydrogen-bond donors (Lipinski definition) is 0. The van der Waals surface area contributed by atoms with Crippen LogP contribution in [-0.4, -0.2) is 9.91 Å². The molecule has 2 aromatic rings. The summed E-state index contributed by atoms with van der Waals surface area (Å²) in [4.78, 5) is 14.8. The van der Waals surface area contributed by atoms with Crippen molar-refractivity contribution >= 4 is 21.6 Å². The number of rotatable bonds is 4. The first kappa shape index (κ1) is 15.4. The summed E-state index contributed by atoms with van der Waals surface area (Å²) < 4.78 is 19.3. The van der Waals surface area contributed by atoms with Gasteiger partial charge in [0.05, 0.1) is 20.7 Å². The molecule has 110 valence electrons. The van der Waals surface area contributed by atoms with Gasteiger partial charge in [-0.1, -0.05) is 0 Å². The van der Waals surface area contributed by atoms with Crippen LogP contribution in [0, 0.1) is 29.8 Å². The Balaban J connectivity index is 2.27. The largest absolute Gasteiger partial charge is 0.486 e. The van der Waals surface area contributed by atoms with Crippen LogP contribution < -0.4 is 4.74 Å². The van der Waals surface area contributed by atoms with Gasteiger partial charge in [0.1, 0.15) is 18.2 Å². The third kappa shape index (κ3) is 3.36. The Morgan fingerprint density at radius 2 is 2.14 bits per heavy atom. The Labute approximate surface area is 129 Å². The van der Waals surface area contributed by atoms with Crippen LogP contribution in [0.1, 0.15) is 16.8 Å². The highest BCUT2D eigenvalue weighted by atomic mass is 79.9. The number of benzene rings is 1. The molecule has 0 bridgehead atoms. The number of ether oxygens (including phenoxy) is 1. The summed E-state index contributed by atoms with van der Waals surface area (Å²) in [7, 11) is 0. The molecule has 0 radical (unpaired) electrons. The minimum atomic E-state index is -0.437. The van der Waals surface area contributed by atoms with Gasteiger partial charge in [0.25, 0.3) is 5.69 Å². The Morgan fingerprint density at radius 1 is 1.43 bits per heavy atom. The smallest absolute Gasteiger partial charge is 0.278 e. The maximum atomic E-state index is 13.2. The molecule has 2 rings (SSSR count). The zero-order chi connectivity index (χ0) is 15.6. The molecule has 0 spiro atoms. The van der Waals surface area contributed by atoms with Crippen molar-refractivity contribution in [3.8, 4) is 5.75 Å². The SMILES string of the molecule is Cc1cnc(COc2cc(F)ccc2Br)c(C)c1[N+](=O)[O-]. The van der Waals surface area contributed by atoms with Gasteiger partial charge in [-0.25, -0.2) is 4.39 Å². The molecule has 0 aliphatic heterocycles. The maximum Gasteiger partial charge on any atom is 0.278 e. The number of nitrogens with zero attached hydrogens (tertiary/aromatic N) is 2. The molecule has 7 heteroatoms. The van der Waals surface area contributed by atoms with Crippen molar-refractivity contribution in [2.24, 2.45) is 0 Å². The molecule has 0 saturated heterocycles. The van der Waals surface area contributed by atoms with Crippen LogP contribution in [0.4, 0.5) is 10.1 Å². The van der Waals surface area contributed by atoms with Crippen LogP contribution in [0.2, 0.25) is 0 Å². The number of hydrogen-bond acceptors (Lipinski definition) is 4. The molecule has 0 atom stereocenters. The second kappa shape index (κ2) is 6.17. The van der Waals surface area contributed by atoms with Crippen molar-refractivity contribution < 1.29 is 14.1 Å². The number of pyridine rings is 1. The highest BCUT2D eigenvalue weighted by Gasteiger charge is 2.19. The van der Waals surface area contributed by atoms with E-state index < -0.39 is 10.7 Å². The molecule has 0 aliphatic carbocycles. The van der Waals surface area contributed by atoms with Gasteiger partial charge in [0.2, 0.25) is 0 Å². The highest BCUT2D eigenvalue weighted by Crippen LogP contribution is 2.28. The zero-order valence-corrected chi connectivity index (χ0v) is 13.0. The molecule has 0 N–H and O–H groups in total. The van der Waals surface area contributed by atoms with Crippen LogP contribution in [0.3, 0.4) is 0 Å². The minimum absolute atomic E-state index is 0.0228. The van der Waals surface area contributed by atoms with E-state index in [0.717, 1.165) is 0 Å². The summed E-state index contributed by atoms with van der Waals surface area (Å²) in [6, 6.07) is 4.07. The van der Waals surface area contributed by atoms with Crippen LogP contribution in [-0.2, 0) is 6.61 Å². The fraction of sp³-hybridized carbons (Fsp3) is 0.214. The highest BCUT2D eigenvalue weighted by molar-refractivity contribution is 9.10. The predicted octanol–water partition coefficient (Wildman–Crippen LogP) is 4.09. The van der Waals surface area contributed by atoms with Gasteiger partial charge in [-0.3, -0.25) is 15.1 Å². The molecular weight excluding hydrogens is 343 g/mol. The number of halogens is 2. The molecule has 1 heterocycles. The van der Waals surface area contributed by atoms with E-state index >= 15 is 0 Å². The van der Waals surface area contributed by atoms with E-state index in [9.17, 15) is 14.5 Å². The van der Waals surface area contributed by atoms with E-state index in [1.54, 1.807) is 13.8 Å². The standard InChI is InChI=1S/C14H12BrFN2O3/c1-8-6-17-12(9(2)14(8)18(19)20)7-21-13-5-10(16)3-4-11(13)15/h3-6H,7H2,1-2H3. The van der Waals surface area contributed by atoms with E-state index in [-0.39, 0.29) is 12.3 Å². The Hall–Kier alpha value is -2.02. The molecule has 0 saturated carbocycles. The molecule has 0 amide bonds. The van der Waals surface area contributed by atoms with Gasteiger partial charge in [-0.05, 0) is 41.9 Å². The van der Waals surface area contributed by atoms with Crippen molar-refractivity contribution in [2.75, 3.05) is 0 Å². The molecule has 0 aliphatic rings. The van der Waals surface area contributed by atoms with Gasteiger partial charge < -0.3 is 4.74 Å². The van der Waals surface area contributed by atoms with Crippen molar-refractivity contribution in [3.05, 3.63) is 61.6 Å². The summed E-state index contributed by atoms with van der Waals surface area (Å²) in [6.45, 7) is 3.28. The fourth-order valence-corrected chi connectivity index (χ4v) is 2.29. The molecule has 5 nitrogen and oxygen atoms in total. The fourth-order valence-electron chi connectivity index (χ4n) is 1.93. The summed E-state index contributed by atoms with van der Waals surface area (Å²) in [6.07, 6.45) is 1.43. The molecule has 0 unspecified atom stereocenters. The van der Waals surface area contributed by atoms with Crippen LogP contribution in [0.5, 0.6) is 5.75 Å². The van der Waals surface area contributed by atoms with E-state index in [0.29, 0.717) is 27.0 Å². The molecule has 0 fully saturated rings. The molecule has 21 heavy (non-hydrogen) atoms. The monoisotopic (exact) mass is 354 g/mol. The average molecular weight is 355 g/mol. The van der Waals surface area contributed by atoms with E-state index in [1.807, 2.05) is 0 Å². The predicted molar refractivity (Wildman–Crippen MR) is 78.8 cm³/mol. The molecule has 1 aromatic heterocycles. The second-order valence-electron chi connectivity index (χ2n) is 4.48. The summed E-state index contributed by atoms with van der Waals surface area (Å²) in [5.74, 6) is -0.104. The van der Waals surface area contributed by atoms with Crippen LogP contribution in [0.25, 0.3) is 0 Å². The first-order valence-electron chi connectivity index (χ1n) is 6.07. The number of nitro groups is 1. The van der Waals surface area contributed by atoms with Gasteiger partial charge in [0.15, 0.2) is 0 Å².